The summed E-state index contributed by atoms with van der Waals surface area (Å²) in [6.07, 6.45) is 0.726. The van der Waals surface area contributed by atoms with Gasteiger partial charge in [0.1, 0.15) is 11.5 Å². The minimum absolute atomic E-state index is 0.0572. The first-order valence-electron chi connectivity index (χ1n) is 12.0. The van der Waals surface area contributed by atoms with Crippen LogP contribution in [0.2, 0.25) is 5.02 Å². The van der Waals surface area contributed by atoms with Gasteiger partial charge in [0, 0.05) is 22.7 Å². The van der Waals surface area contributed by atoms with E-state index < -0.39 is 17.7 Å². The van der Waals surface area contributed by atoms with Crippen LogP contribution in [-0.4, -0.2) is 23.4 Å². The van der Waals surface area contributed by atoms with E-state index in [-0.39, 0.29) is 16.7 Å². The number of fused-ring (bicyclic) bond motifs is 1. The standard InChI is InChI=1S/C30H28ClNO4/c1-17-5-11-22(31)16-23(17)32-26(18-6-9-21(10-7-18)30(2,3)4)25(28(34)29(32)35)27(33)20-8-12-24-19(15-20)13-14-36-24/h5-12,15-16,26,33H,13-14H2,1-4H3/b27-25-. The molecule has 0 radical (unpaired) electrons. The smallest absolute Gasteiger partial charge is 0.300 e. The minimum Gasteiger partial charge on any atom is -0.507 e. The van der Waals surface area contributed by atoms with E-state index in [4.69, 9.17) is 16.3 Å². The van der Waals surface area contributed by atoms with E-state index in [0.29, 0.717) is 22.9 Å². The Morgan fingerprint density at radius 1 is 1.03 bits per heavy atom. The molecule has 6 heteroatoms. The Morgan fingerprint density at radius 2 is 1.75 bits per heavy atom. The number of hydrogen-bond donors (Lipinski definition) is 1. The number of rotatable bonds is 3. The van der Waals surface area contributed by atoms with Crippen LogP contribution in [0.1, 0.15) is 54.6 Å². The molecule has 0 aromatic heterocycles. The van der Waals surface area contributed by atoms with Crippen LogP contribution in [0.15, 0.2) is 66.2 Å². The van der Waals surface area contributed by atoms with Crippen molar-refractivity contribution in [3.8, 4) is 5.75 Å². The van der Waals surface area contributed by atoms with Gasteiger partial charge >= 0.3 is 0 Å². The molecule has 0 aliphatic carbocycles. The van der Waals surface area contributed by atoms with Gasteiger partial charge in [0.05, 0.1) is 18.2 Å². The molecule has 1 N–H and O–H groups in total. The Kier molecular flexibility index (Phi) is 5.92. The van der Waals surface area contributed by atoms with Gasteiger partial charge in [0.15, 0.2) is 0 Å². The molecule has 184 valence electrons. The summed E-state index contributed by atoms with van der Waals surface area (Å²) in [5, 5.41) is 11.9. The summed E-state index contributed by atoms with van der Waals surface area (Å²) in [5.41, 5.74) is 4.64. The van der Waals surface area contributed by atoms with Gasteiger partial charge in [-0.05, 0) is 64.9 Å². The number of carbonyl (C=O) groups excluding carboxylic acids is 2. The molecule has 0 spiro atoms. The average Bonchev–Trinajstić information content (AvgIpc) is 3.42. The molecule has 5 rings (SSSR count). The van der Waals surface area contributed by atoms with Crippen molar-refractivity contribution in [2.75, 3.05) is 11.5 Å². The van der Waals surface area contributed by atoms with Crippen molar-refractivity contribution in [2.24, 2.45) is 0 Å². The number of benzene rings is 3. The number of halogens is 1. The number of ether oxygens (including phenoxy) is 1. The maximum atomic E-state index is 13.5. The molecule has 1 unspecified atom stereocenters. The highest BCUT2D eigenvalue weighted by Crippen LogP contribution is 2.44. The first-order chi connectivity index (χ1) is 17.1. The minimum atomic E-state index is -0.805. The molecule has 1 amide bonds. The van der Waals surface area contributed by atoms with Crippen molar-refractivity contribution in [3.05, 3.63) is 99.1 Å². The fraction of sp³-hybridized carbons (Fsp3) is 0.267. The number of carbonyl (C=O) groups is 2. The van der Waals surface area contributed by atoms with Gasteiger partial charge in [0.2, 0.25) is 0 Å². The van der Waals surface area contributed by atoms with E-state index in [2.05, 4.69) is 20.8 Å². The van der Waals surface area contributed by atoms with Gasteiger partial charge in [-0.1, -0.05) is 62.7 Å². The number of amides is 1. The van der Waals surface area contributed by atoms with Crippen molar-refractivity contribution in [1.82, 2.24) is 0 Å². The highest BCUT2D eigenvalue weighted by molar-refractivity contribution is 6.52. The molecule has 1 atom stereocenters. The molecule has 1 fully saturated rings. The lowest BCUT2D eigenvalue weighted by atomic mass is 9.85. The number of aryl methyl sites for hydroxylation is 1. The highest BCUT2D eigenvalue weighted by Gasteiger charge is 2.47. The number of aliphatic hydroxyl groups is 1. The van der Waals surface area contributed by atoms with Crippen molar-refractivity contribution in [2.45, 2.75) is 45.6 Å². The van der Waals surface area contributed by atoms with Crippen LogP contribution in [0.5, 0.6) is 5.75 Å². The van der Waals surface area contributed by atoms with E-state index >= 15 is 0 Å². The van der Waals surface area contributed by atoms with Crippen LogP contribution in [-0.2, 0) is 21.4 Å². The highest BCUT2D eigenvalue weighted by atomic mass is 35.5. The second-order valence-corrected chi connectivity index (χ2v) is 10.8. The zero-order chi connectivity index (χ0) is 25.8. The Bertz CT molecular complexity index is 1420. The maximum absolute atomic E-state index is 13.5. The second kappa shape index (κ2) is 8.82. The number of hydrogen-bond acceptors (Lipinski definition) is 4. The van der Waals surface area contributed by atoms with E-state index in [1.807, 2.05) is 43.3 Å². The van der Waals surface area contributed by atoms with Gasteiger partial charge in [-0.15, -0.1) is 0 Å². The topological polar surface area (TPSA) is 66.8 Å². The molecule has 0 saturated carbocycles. The summed E-state index contributed by atoms with van der Waals surface area (Å²) in [7, 11) is 0. The number of ketones is 1. The average molecular weight is 502 g/mol. The van der Waals surface area contributed by atoms with E-state index in [1.54, 1.807) is 24.3 Å². The third-order valence-corrected chi connectivity index (χ3v) is 7.17. The SMILES string of the molecule is Cc1ccc(Cl)cc1N1C(=O)C(=O)/C(=C(\O)c2ccc3c(c2)CCO3)C1c1ccc(C(C)(C)C)cc1. The maximum Gasteiger partial charge on any atom is 0.300 e. The quantitative estimate of drug-likeness (QED) is 0.252. The normalized spacial score (nSPS) is 18.9. The molecule has 2 aliphatic rings. The van der Waals surface area contributed by atoms with Crippen LogP contribution < -0.4 is 9.64 Å². The van der Waals surface area contributed by atoms with Crippen LogP contribution >= 0.6 is 11.6 Å². The molecule has 0 bridgehead atoms. The fourth-order valence-corrected chi connectivity index (χ4v) is 5.06. The Morgan fingerprint density at radius 3 is 2.44 bits per heavy atom. The molecule has 36 heavy (non-hydrogen) atoms. The largest absolute Gasteiger partial charge is 0.507 e. The zero-order valence-corrected chi connectivity index (χ0v) is 21.5. The van der Waals surface area contributed by atoms with Gasteiger partial charge in [-0.2, -0.15) is 0 Å². The second-order valence-electron chi connectivity index (χ2n) is 10.4. The van der Waals surface area contributed by atoms with E-state index in [0.717, 1.165) is 34.4 Å². The van der Waals surface area contributed by atoms with Gasteiger partial charge in [0.25, 0.3) is 11.7 Å². The third-order valence-electron chi connectivity index (χ3n) is 6.93. The predicted molar refractivity (Wildman–Crippen MR) is 142 cm³/mol. The molecule has 2 heterocycles. The van der Waals surface area contributed by atoms with Crippen LogP contribution in [0.3, 0.4) is 0 Å². The van der Waals surface area contributed by atoms with Crippen LogP contribution in [0.25, 0.3) is 5.76 Å². The van der Waals surface area contributed by atoms with Crippen molar-refractivity contribution < 1.29 is 19.4 Å². The summed E-state index contributed by atoms with van der Waals surface area (Å²) in [6.45, 7) is 8.83. The van der Waals surface area contributed by atoms with Gasteiger partial charge in [-0.25, -0.2) is 0 Å². The Hall–Kier alpha value is -3.57. The molecule has 2 aliphatic heterocycles. The lowest BCUT2D eigenvalue weighted by Gasteiger charge is -2.28. The number of aliphatic hydroxyl groups excluding tert-OH is 1. The monoisotopic (exact) mass is 501 g/mol. The van der Waals surface area contributed by atoms with E-state index in [1.165, 1.54) is 4.90 Å². The molecule has 1 saturated heterocycles. The lowest BCUT2D eigenvalue weighted by Crippen LogP contribution is -2.30. The summed E-state index contributed by atoms with van der Waals surface area (Å²) in [5.74, 6) is -0.851. The molecule has 5 nitrogen and oxygen atoms in total. The number of nitrogens with zero attached hydrogens (tertiary/aromatic N) is 1. The fourth-order valence-electron chi connectivity index (χ4n) is 4.89. The first-order valence-corrected chi connectivity index (χ1v) is 12.4. The van der Waals surface area contributed by atoms with Crippen molar-refractivity contribution >= 4 is 34.7 Å². The summed E-state index contributed by atoms with van der Waals surface area (Å²) < 4.78 is 5.59. The molecule has 3 aromatic carbocycles. The van der Waals surface area contributed by atoms with Crippen LogP contribution in [0.4, 0.5) is 5.69 Å². The van der Waals surface area contributed by atoms with Crippen molar-refractivity contribution in [3.63, 3.8) is 0 Å². The molecular formula is C30H28ClNO4. The molecule has 3 aromatic rings. The summed E-state index contributed by atoms with van der Waals surface area (Å²) >= 11 is 6.30. The van der Waals surface area contributed by atoms with Gasteiger partial charge in [-0.3, -0.25) is 14.5 Å². The van der Waals surface area contributed by atoms with Crippen LogP contribution in [0, 0.1) is 6.92 Å². The number of anilines is 1. The Labute approximate surface area is 216 Å². The summed E-state index contributed by atoms with van der Waals surface area (Å²) in [6, 6.07) is 17.6. The predicted octanol–water partition coefficient (Wildman–Crippen LogP) is 6.51. The van der Waals surface area contributed by atoms with E-state index in [9.17, 15) is 14.7 Å². The first kappa shape index (κ1) is 24.1. The Balaban J connectivity index is 1.72. The summed E-state index contributed by atoms with van der Waals surface area (Å²) in [4.78, 5) is 28.4. The lowest BCUT2D eigenvalue weighted by molar-refractivity contribution is -0.132. The van der Waals surface area contributed by atoms with Gasteiger partial charge < -0.3 is 9.84 Å². The van der Waals surface area contributed by atoms with Crippen molar-refractivity contribution in [1.29, 1.82) is 0 Å². The number of Topliss-reactive ketones (excluding diaryl/α,β-unsaturated/α-hetero) is 1. The zero-order valence-electron chi connectivity index (χ0n) is 20.8. The third kappa shape index (κ3) is 4.07. The molecular weight excluding hydrogens is 474 g/mol.